The first-order valence-corrected chi connectivity index (χ1v) is 38.9. The normalized spacial score (nSPS) is 21.5. The molecule has 113 heavy (non-hydrogen) atoms. The standard InChI is InChI=1S/C24H24BrF3N4O5S.C24H24ClF3N4O5S.C24H25ClF2N4O5S/c2*1-2-37-23(35)19-17(9-32-8-13(24(27,28)12-32)10-36-11-18(33)34)30-21(22-29-5-6-38-22)31-20(19)15-4-3-14(26)7-16(15)25;1-2-36-24(34)20-18(10-31-8-13(17(27)9-31)11-35-12-19(32)33)29-22(23-28-5-6-37-23)30-21(20)15-4-3-14(26)7-16(15)25/h2*3-7,13,20H,2,8-12H2,1H3,(H,30,31)(H,33,34);3-7,13,17,21H,2,8-12H2,1H3,(H,29,30)(H,32,33)/t2*13?,20-;13?,17?,21-/m000/s1. The lowest BCUT2D eigenvalue weighted by molar-refractivity contribution is -0.145. The predicted molar refractivity (Wildman–Crippen MR) is 401 cm³/mol. The van der Waals surface area contributed by atoms with Crippen LogP contribution in [0.5, 0.6) is 0 Å². The Morgan fingerprint density at radius 1 is 0.513 bits per heavy atom. The number of thiazole rings is 3. The van der Waals surface area contributed by atoms with E-state index in [4.69, 9.17) is 76.9 Å². The van der Waals surface area contributed by atoms with Gasteiger partial charge in [0.05, 0.1) is 81.3 Å². The summed E-state index contributed by atoms with van der Waals surface area (Å²) in [5.41, 5.74) is 2.54. The van der Waals surface area contributed by atoms with E-state index in [0.29, 0.717) is 65.1 Å². The van der Waals surface area contributed by atoms with E-state index in [0.717, 1.165) is 12.1 Å². The van der Waals surface area contributed by atoms with Crippen molar-refractivity contribution < 1.29 is 108 Å². The SMILES string of the molecule is CCOC(=O)C1=C(CN2CC(COCC(=O)O)C(F)(F)C2)NC(c2nccs2)=N[C@H]1c1ccc(F)cc1Br.CCOC(=O)C1=C(CN2CC(COCC(=O)O)C(F)(F)C2)NC(c2nccs2)=N[C@H]1c1ccc(F)cc1Cl.CCOC(=O)C1=C(CN2CC(F)C(COCC(=O)O)C2)NC(c2nccs2)=N[C@H]1c1ccc(F)cc1Cl. The van der Waals surface area contributed by atoms with Crippen LogP contribution in [0.3, 0.4) is 0 Å². The number of aliphatic carboxylic acids is 3. The summed E-state index contributed by atoms with van der Waals surface area (Å²) in [6, 6.07) is 8.67. The number of nitrogens with zero attached hydrogens (tertiary/aromatic N) is 9. The molecule has 0 aliphatic carbocycles. The first-order chi connectivity index (χ1) is 53.9. The molecule has 6 aromatic rings. The molecule has 12 rings (SSSR count). The van der Waals surface area contributed by atoms with E-state index in [2.05, 4.69) is 51.8 Å². The van der Waals surface area contributed by atoms with Crippen molar-refractivity contribution in [3.63, 3.8) is 0 Å². The summed E-state index contributed by atoms with van der Waals surface area (Å²) in [6.07, 6.45) is 3.53. The minimum Gasteiger partial charge on any atom is -0.480 e. The van der Waals surface area contributed by atoms with Crippen molar-refractivity contribution in [2.45, 2.75) is 56.9 Å². The van der Waals surface area contributed by atoms with Crippen LogP contribution in [0.15, 0.2) is 143 Å². The fourth-order valence-electron chi connectivity index (χ4n) is 12.9. The summed E-state index contributed by atoms with van der Waals surface area (Å²) in [7, 11) is 0. The van der Waals surface area contributed by atoms with Crippen molar-refractivity contribution in [2.24, 2.45) is 32.7 Å². The molecular weight excluding hydrogens is 1670 g/mol. The van der Waals surface area contributed by atoms with Crippen LogP contribution in [0, 0.1) is 35.2 Å². The average Bonchev–Trinajstić information content (AvgIpc) is 1.71. The molecule has 7 atom stereocenters. The van der Waals surface area contributed by atoms with Gasteiger partial charge in [-0.3, -0.25) is 29.7 Å². The Balaban J connectivity index is 0.000000180. The van der Waals surface area contributed by atoms with Crippen LogP contribution in [-0.2, 0) is 57.2 Å². The zero-order chi connectivity index (χ0) is 81.4. The van der Waals surface area contributed by atoms with Crippen LogP contribution in [0.4, 0.5) is 35.1 Å². The number of carboxylic acid groups (broad SMARTS) is 3. The highest BCUT2D eigenvalue weighted by molar-refractivity contribution is 9.10. The van der Waals surface area contributed by atoms with Gasteiger partial charge in [0, 0.05) is 129 Å². The number of carboxylic acids is 3. The van der Waals surface area contributed by atoms with Gasteiger partial charge in [0.1, 0.15) is 61.6 Å². The Morgan fingerprint density at radius 3 is 1.19 bits per heavy atom. The number of halogens is 11. The number of hydrogen-bond acceptors (Lipinski definition) is 27. The number of aromatic nitrogens is 3. The van der Waals surface area contributed by atoms with E-state index in [-0.39, 0.29) is 105 Å². The number of carbonyl (C=O) groups excluding carboxylic acids is 3. The van der Waals surface area contributed by atoms with Crippen molar-refractivity contribution >= 4 is 126 Å². The summed E-state index contributed by atoms with van der Waals surface area (Å²) >= 11 is 20.0. The largest absolute Gasteiger partial charge is 0.480 e. The van der Waals surface area contributed by atoms with Gasteiger partial charge in [-0.15, -0.1) is 34.0 Å². The Labute approximate surface area is 670 Å². The van der Waals surface area contributed by atoms with Gasteiger partial charge in [-0.05, 0) is 62.7 Å². The molecule has 3 saturated heterocycles. The second-order valence-corrected chi connectivity index (χ2v) is 30.2. The van der Waals surface area contributed by atoms with Gasteiger partial charge >= 0.3 is 35.8 Å². The average molecular weight is 1750 g/mol. The molecule has 0 amide bonds. The van der Waals surface area contributed by atoms with Crippen molar-refractivity contribution in [3.05, 3.63) is 187 Å². The molecule has 41 heteroatoms. The fraction of sp³-hybridized carbons (Fsp3) is 0.417. The van der Waals surface area contributed by atoms with Gasteiger partial charge in [-0.25, -0.2) is 78.8 Å². The van der Waals surface area contributed by atoms with Crippen molar-refractivity contribution in [2.75, 3.05) is 118 Å². The second kappa shape index (κ2) is 39.5. The number of amidine groups is 3. The monoisotopic (exact) mass is 1740 g/mol. The Bertz CT molecular complexity index is 4440. The van der Waals surface area contributed by atoms with E-state index in [1.165, 1.54) is 86.3 Å². The fourth-order valence-corrected chi connectivity index (χ4v) is 15.8. The van der Waals surface area contributed by atoms with Crippen LogP contribution in [0.1, 0.15) is 70.6 Å². The lowest BCUT2D eigenvalue weighted by Gasteiger charge is -2.29. The summed E-state index contributed by atoms with van der Waals surface area (Å²) in [4.78, 5) is 103. The highest BCUT2D eigenvalue weighted by Gasteiger charge is 2.51. The second-order valence-electron chi connectivity index (χ2n) is 25.8. The molecule has 0 spiro atoms. The third kappa shape index (κ3) is 22.6. The molecular formula is C72H73BrCl2F8N12O15S3. The molecule has 3 fully saturated rings. The molecule has 606 valence electrons. The third-order valence-electron chi connectivity index (χ3n) is 17.8. The maximum absolute atomic E-state index is 14.8. The minimum atomic E-state index is -3.15. The Hall–Kier alpha value is -8.74. The summed E-state index contributed by atoms with van der Waals surface area (Å²) in [5, 5.41) is 42.5. The van der Waals surface area contributed by atoms with E-state index in [9.17, 15) is 63.9 Å². The van der Waals surface area contributed by atoms with Gasteiger partial charge in [0.15, 0.2) is 32.5 Å². The number of benzene rings is 3. The number of esters is 3. The van der Waals surface area contributed by atoms with Crippen molar-refractivity contribution in [3.8, 4) is 0 Å². The summed E-state index contributed by atoms with van der Waals surface area (Å²) in [5.74, 6) is -15.5. The van der Waals surface area contributed by atoms with E-state index >= 15 is 0 Å². The maximum atomic E-state index is 14.8. The number of hydrogen-bond donors (Lipinski definition) is 6. The third-order valence-corrected chi connectivity index (χ3v) is 21.5. The summed E-state index contributed by atoms with van der Waals surface area (Å²) < 4.78 is 147. The van der Waals surface area contributed by atoms with Crippen LogP contribution in [-0.4, -0.2) is 235 Å². The number of aliphatic imine (C=N–C) groups is 3. The highest BCUT2D eigenvalue weighted by atomic mass is 79.9. The van der Waals surface area contributed by atoms with Crippen LogP contribution in [0.25, 0.3) is 0 Å². The molecule has 6 aliphatic rings. The van der Waals surface area contributed by atoms with Gasteiger partial charge in [0.2, 0.25) is 0 Å². The number of likely N-dealkylation sites (tertiary alicyclic amines) is 3. The smallest absolute Gasteiger partial charge is 0.338 e. The maximum Gasteiger partial charge on any atom is 0.338 e. The van der Waals surface area contributed by atoms with Crippen LogP contribution in [0.2, 0.25) is 10.0 Å². The van der Waals surface area contributed by atoms with Crippen LogP contribution >= 0.6 is 73.1 Å². The van der Waals surface area contributed by atoms with Crippen molar-refractivity contribution in [1.29, 1.82) is 0 Å². The van der Waals surface area contributed by atoms with Crippen molar-refractivity contribution in [1.82, 2.24) is 45.6 Å². The Morgan fingerprint density at radius 2 is 0.858 bits per heavy atom. The minimum absolute atomic E-state index is 0.0311. The number of carbonyl (C=O) groups is 6. The lowest BCUT2D eigenvalue weighted by atomic mass is 9.95. The zero-order valence-electron chi connectivity index (χ0n) is 60.1. The Kier molecular flexibility index (Phi) is 30.3. The molecule has 0 bridgehead atoms. The highest BCUT2D eigenvalue weighted by Crippen LogP contribution is 2.43. The van der Waals surface area contributed by atoms with Crippen LogP contribution < -0.4 is 16.0 Å². The van der Waals surface area contributed by atoms with Gasteiger partial charge < -0.3 is 59.7 Å². The molecule has 9 heterocycles. The topological polar surface area (TPSA) is 340 Å². The van der Waals surface area contributed by atoms with Gasteiger partial charge in [-0.1, -0.05) is 57.3 Å². The quantitative estimate of drug-likeness (QED) is 0.0139. The first kappa shape index (κ1) is 86.7. The lowest BCUT2D eigenvalue weighted by Crippen LogP contribution is -2.39. The molecule has 27 nitrogen and oxygen atoms in total. The van der Waals surface area contributed by atoms with Gasteiger partial charge in [0.25, 0.3) is 11.8 Å². The van der Waals surface area contributed by atoms with E-state index in [1.54, 1.807) is 60.4 Å². The molecule has 6 aliphatic heterocycles. The number of alkyl halides is 5. The molecule has 0 radical (unpaired) electrons. The van der Waals surface area contributed by atoms with Gasteiger partial charge in [-0.2, -0.15) is 0 Å². The molecule has 6 N–H and O–H groups in total. The molecule has 4 unspecified atom stereocenters. The number of nitrogens with one attached hydrogen (secondary N) is 3. The predicted octanol–water partition coefficient (Wildman–Crippen LogP) is 10.3. The van der Waals surface area contributed by atoms with E-state index in [1.807, 2.05) is 0 Å². The molecule has 3 aromatic carbocycles. The number of rotatable bonds is 30. The first-order valence-electron chi connectivity index (χ1n) is 34.7. The summed E-state index contributed by atoms with van der Waals surface area (Å²) in [6.45, 7) is 1.24. The zero-order valence-corrected chi connectivity index (χ0v) is 65.6. The number of ether oxygens (including phenoxy) is 6. The molecule has 0 saturated carbocycles. The van der Waals surface area contributed by atoms with E-state index < -0.39 is 153 Å². The molecule has 3 aromatic heterocycles.